The molecule has 0 aliphatic heterocycles. The molecule has 0 spiro atoms. The maximum absolute atomic E-state index is 12.2. The smallest absolute Gasteiger partial charge is 0.367 e. The van der Waals surface area contributed by atoms with Gasteiger partial charge in [-0.3, -0.25) is 0 Å². The SMILES string of the molecule is Cc1cc(C(O)(C(F)(F)F)C(F)(F)F)on1. The van der Waals surface area contributed by atoms with E-state index in [-0.39, 0.29) is 5.69 Å². The molecule has 0 aromatic carbocycles. The molecular formula is C7H5F6NO2. The molecule has 1 rings (SSSR count). The van der Waals surface area contributed by atoms with Crippen LogP contribution in [0.3, 0.4) is 0 Å². The fraction of sp³-hybridized carbons (Fsp3) is 0.571. The Morgan fingerprint density at radius 3 is 1.81 bits per heavy atom. The fourth-order valence-electron chi connectivity index (χ4n) is 0.974. The maximum atomic E-state index is 12.2. The van der Waals surface area contributed by atoms with Crippen molar-refractivity contribution in [3.05, 3.63) is 17.5 Å². The van der Waals surface area contributed by atoms with Gasteiger partial charge in [-0.2, -0.15) is 26.3 Å². The first-order valence-corrected chi connectivity index (χ1v) is 3.80. The lowest BCUT2D eigenvalue weighted by molar-refractivity contribution is -0.381. The molecule has 92 valence electrons. The third-order valence-corrected chi connectivity index (χ3v) is 1.81. The lowest BCUT2D eigenvalue weighted by Crippen LogP contribution is -2.53. The Morgan fingerprint density at radius 2 is 1.56 bits per heavy atom. The molecule has 9 heteroatoms. The Kier molecular flexibility index (Phi) is 2.70. The summed E-state index contributed by atoms with van der Waals surface area (Å²) >= 11 is 0. The summed E-state index contributed by atoms with van der Waals surface area (Å²) in [6.07, 6.45) is -11.9. The fourth-order valence-corrected chi connectivity index (χ4v) is 0.974. The summed E-state index contributed by atoms with van der Waals surface area (Å²) in [6.45, 7) is 1.13. The van der Waals surface area contributed by atoms with Gasteiger partial charge in [0.2, 0.25) is 0 Å². The number of hydrogen-bond donors (Lipinski definition) is 1. The van der Waals surface area contributed by atoms with Gasteiger partial charge in [0.25, 0.3) is 0 Å². The second-order valence-corrected chi connectivity index (χ2v) is 3.04. The van der Waals surface area contributed by atoms with Gasteiger partial charge in [0.15, 0.2) is 5.76 Å². The number of hydrogen-bond acceptors (Lipinski definition) is 3. The number of aliphatic hydroxyl groups is 1. The summed E-state index contributed by atoms with van der Waals surface area (Å²) in [4.78, 5) is 0. The van der Waals surface area contributed by atoms with E-state index in [1.165, 1.54) is 0 Å². The van der Waals surface area contributed by atoms with Gasteiger partial charge in [-0.25, -0.2) is 0 Å². The van der Waals surface area contributed by atoms with Gasteiger partial charge in [-0.05, 0) is 6.92 Å². The van der Waals surface area contributed by atoms with Gasteiger partial charge in [0.1, 0.15) is 0 Å². The third kappa shape index (κ3) is 1.75. The molecule has 1 heterocycles. The Morgan fingerprint density at radius 1 is 1.12 bits per heavy atom. The Bertz CT molecular complexity index is 365. The number of aromatic nitrogens is 1. The molecule has 1 N–H and O–H groups in total. The van der Waals surface area contributed by atoms with E-state index in [0.29, 0.717) is 6.07 Å². The molecule has 0 aliphatic rings. The van der Waals surface area contributed by atoms with Crippen LogP contribution in [0.1, 0.15) is 11.5 Å². The molecule has 1 aromatic rings. The zero-order chi connectivity index (χ0) is 12.8. The maximum Gasteiger partial charge on any atom is 0.433 e. The van der Waals surface area contributed by atoms with Gasteiger partial charge in [0.05, 0.1) is 5.69 Å². The van der Waals surface area contributed by atoms with E-state index in [2.05, 4.69) is 9.68 Å². The van der Waals surface area contributed by atoms with E-state index in [4.69, 9.17) is 5.11 Å². The molecule has 0 saturated carbocycles. The molecule has 3 nitrogen and oxygen atoms in total. The summed E-state index contributed by atoms with van der Waals surface area (Å²) in [7, 11) is 0. The highest BCUT2D eigenvalue weighted by Crippen LogP contribution is 2.49. The number of rotatable bonds is 1. The highest BCUT2D eigenvalue weighted by molar-refractivity contribution is 5.17. The molecule has 0 atom stereocenters. The van der Waals surface area contributed by atoms with Crippen molar-refractivity contribution in [2.45, 2.75) is 24.9 Å². The summed E-state index contributed by atoms with van der Waals surface area (Å²) in [5, 5.41) is 11.7. The van der Waals surface area contributed by atoms with Crippen molar-refractivity contribution in [2.24, 2.45) is 0 Å². The van der Waals surface area contributed by atoms with E-state index in [1.807, 2.05) is 0 Å². The monoisotopic (exact) mass is 249 g/mol. The molecule has 0 saturated heterocycles. The van der Waals surface area contributed by atoms with Gasteiger partial charge >= 0.3 is 18.0 Å². The Hall–Kier alpha value is -1.25. The van der Waals surface area contributed by atoms with E-state index < -0.39 is 23.7 Å². The predicted molar refractivity (Wildman–Crippen MR) is 37.2 cm³/mol. The number of halogens is 6. The topological polar surface area (TPSA) is 46.3 Å². The predicted octanol–water partition coefficient (Wildman–Crippen LogP) is 2.30. The van der Waals surface area contributed by atoms with E-state index in [0.717, 1.165) is 6.92 Å². The summed E-state index contributed by atoms with van der Waals surface area (Å²) in [6, 6.07) is 0.376. The van der Waals surface area contributed by atoms with E-state index in [1.54, 1.807) is 0 Å². The highest BCUT2D eigenvalue weighted by Gasteiger charge is 2.73. The Balaban J connectivity index is 3.38. The van der Waals surface area contributed by atoms with Crippen LogP contribution in [0, 0.1) is 6.92 Å². The van der Waals surface area contributed by atoms with Crippen LogP contribution in [0.5, 0.6) is 0 Å². The van der Waals surface area contributed by atoms with Crippen molar-refractivity contribution in [2.75, 3.05) is 0 Å². The summed E-state index contributed by atoms with van der Waals surface area (Å²) < 4.78 is 77.3. The number of alkyl halides is 6. The molecule has 0 radical (unpaired) electrons. The van der Waals surface area contributed by atoms with Crippen LogP contribution in [0.25, 0.3) is 0 Å². The van der Waals surface area contributed by atoms with Crippen LogP contribution in [0.2, 0.25) is 0 Å². The van der Waals surface area contributed by atoms with Crippen molar-refractivity contribution >= 4 is 0 Å². The molecule has 16 heavy (non-hydrogen) atoms. The van der Waals surface area contributed by atoms with Gasteiger partial charge in [0, 0.05) is 6.07 Å². The molecule has 0 unspecified atom stereocenters. The number of nitrogens with zero attached hydrogens (tertiary/aromatic N) is 1. The second kappa shape index (κ2) is 3.37. The van der Waals surface area contributed by atoms with Crippen molar-refractivity contribution in [1.82, 2.24) is 5.16 Å². The van der Waals surface area contributed by atoms with Gasteiger partial charge in [-0.1, -0.05) is 5.16 Å². The minimum absolute atomic E-state index is 0.207. The standard InChI is InChI=1S/C7H5F6NO2/c1-3-2-4(16-14-3)5(15,6(8,9)10)7(11,12)13/h2,15H,1H3. The van der Waals surface area contributed by atoms with Gasteiger partial charge < -0.3 is 9.63 Å². The molecular weight excluding hydrogens is 244 g/mol. The van der Waals surface area contributed by atoms with E-state index in [9.17, 15) is 26.3 Å². The minimum atomic E-state index is -5.95. The van der Waals surface area contributed by atoms with Crippen LogP contribution in [0.4, 0.5) is 26.3 Å². The zero-order valence-electron chi connectivity index (χ0n) is 7.65. The first-order valence-electron chi connectivity index (χ1n) is 3.80. The largest absolute Gasteiger partial charge is 0.433 e. The number of aryl methyl sites for hydroxylation is 1. The van der Waals surface area contributed by atoms with E-state index >= 15 is 0 Å². The van der Waals surface area contributed by atoms with Crippen LogP contribution in [-0.2, 0) is 5.60 Å². The van der Waals surface area contributed by atoms with Crippen molar-refractivity contribution in [3.8, 4) is 0 Å². The average Bonchev–Trinajstić information content (AvgIpc) is 2.46. The summed E-state index contributed by atoms with van der Waals surface area (Å²) in [5.74, 6) is -1.70. The van der Waals surface area contributed by atoms with Crippen molar-refractivity contribution < 1.29 is 36.0 Å². The quantitative estimate of drug-likeness (QED) is 0.777. The van der Waals surface area contributed by atoms with Crippen LogP contribution >= 0.6 is 0 Å². The first kappa shape index (κ1) is 12.8. The molecule has 1 aromatic heterocycles. The summed E-state index contributed by atoms with van der Waals surface area (Å²) in [5.41, 5.74) is -5.25. The lowest BCUT2D eigenvalue weighted by atomic mass is 9.99. The minimum Gasteiger partial charge on any atom is -0.367 e. The lowest BCUT2D eigenvalue weighted by Gasteiger charge is -2.29. The molecule has 0 bridgehead atoms. The van der Waals surface area contributed by atoms with Crippen molar-refractivity contribution in [1.29, 1.82) is 0 Å². The molecule has 0 fully saturated rings. The third-order valence-electron chi connectivity index (χ3n) is 1.81. The normalized spacial score (nSPS) is 14.2. The van der Waals surface area contributed by atoms with Gasteiger partial charge in [-0.15, -0.1) is 0 Å². The zero-order valence-corrected chi connectivity index (χ0v) is 7.65. The first-order chi connectivity index (χ1) is 7.00. The van der Waals surface area contributed by atoms with Crippen LogP contribution < -0.4 is 0 Å². The van der Waals surface area contributed by atoms with Crippen LogP contribution in [-0.4, -0.2) is 22.6 Å². The Labute approximate surface area is 84.6 Å². The molecule has 0 aliphatic carbocycles. The highest BCUT2D eigenvalue weighted by atomic mass is 19.4. The van der Waals surface area contributed by atoms with Crippen LogP contribution in [0.15, 0.2) is 10.6 Å². The average molecular weight is 249 g/mol. The van der Waals surface area contributed by atoms with Crippen molar-refractivity contribution in [3.63, 3.8) is 0 Å². The molecule has 0 amide bonds. The second-order valence-electron chi connectivity index (χ2n) is 3.04.